The van der Waals surface area contributed by atoms with Crippen LogP contribution in [0.3, 0.4) is 0 Å². The molecule has 2 aliphatic rings. The predicted molar refractivity (Wildman–Crippen MR) is 89.9 cm³/mol. The van der Waals surface area contributed by atoms with E-state index in [1.54, 1.807) is 24.3 Å². The lowest BCUT2D eigenvalue weighted by Crippen LogP contribution is -2.49. The summed E-state index contributed by atoms with van der Waals surface area (Å²) in [6.45, 7) is 0.564. The lowest BCUT2D eigenvalue weighted by molar-refractivity contribution is 0.0926. The predicted octanol–water partition coefficient (Wildman–Crippen LogP) is 2.66. The van der Waals surface area contributed by atoms with Crippen LogP contribution in [0.15, 0.2) is 41.6 Å². The number of carbonyl (C=O) groups is 1. The van der Waals surface area contributed by atoms with Crippen molar-refractivity contribution >= 4 is 17.3 Å². The summed E-state index contributed by atoms with van der Waals surface area (Å²) in [7, 11) is 1.40. The summed E-state index contributed by atoms with van der Waals surface area (Å²) in [5, 5.41) is 15.6. The van der Waals surface area contributed by atoms with Gasteiger partial charge in [0.25, 0.3) is 5.91 Å². The molecule has 2 N–H and O–H groups in total. The van der Waals surface area contributed by atoms with E-state index >= 15 is 0 Å². The van der Waals surface area contributed by atoms with E-state index in [4.69, 9.17) is 4.74 Å². The van der Waals surface area contributed by atoms with E-state index in [0.717, 1.165) is 16.8 Å². The lowest BCUT2D eigenvalue weighted by Gasteiger charge is -2.42. The first-order chi connectivity index (χ1) is 12.1. The van der Waals surface area contributed by atoms with E-state index in [1.807, 2.05) is 11.0 Å². The van der Waals surface area contributed by atoms with E-state index in [2.05, 4.69) is 10.5 Å². The number of hydrogen-bond donors (Lipinski definition) is 2. The third-order valence-corrected chi connectivity index (χ3v) is 4.66. The molecule has 1 atom stereocenters. The molecule has 6 nitrogen and oxygen atoms in total. The van der Waals surface area contributed by atoms with Crippen molar-refractivity contribution in [1.82, 2.24) is 5.32 Å². The van der Waals surface area contributed by atoms with Crippen molar-refractivity contribution in [3.63, 3.8) is 0 Å². The standard InChI is InChI=1S/C18H16FN3O3/c1-25-15-9-10(5-6-13(15)19)17-20-18(23)12-4-2-3-11-14(21-24)7-8-22(17)16(11)12/h2-6,9,17,24H,7-8H2,1H3,(H,20,23)/b21-14+. The first-order valence-electron chi connectivity index (χ1n) is 7.89. The molecule has 7 heteroatoms. The van der Waals surface area contributed by atoms with Crippen LogP contribution in [0.4, 0.5) is 10.1 Å². The highest BCUT2D eigenvalue weighted by Gasteiger charge is 2.37. The van der Waals surface area contributed by atoms with E-state index in [9.17, 15) is 14.4 Å². The van der Waals surface area contributed by atoms with E-state index in [0.29, 0.717) is 24.2 Å². The topological polar surface area (TPSA) is 74.2 Å². The molecule has 25 heavy (non-hydrogen) atoms. The number of ether oxygens (including phenoxy) is 1. The summed E-state index contributed by atoms with van der Waals surface area (Å²) in [5.74, 6) is -0.552. The third-order valence-electron chi connectivity index (χ3n) is 4.66. The van der Waals surface area contributed by atoms with Crippen LogP contribution < -0.4 is 15.0 Å². The van der Waals surface area contributed by atoms with Crippen molar-refractivity contribution in [3.8, 4) is 5.75 Å². The quantitative estimate of drug-likeness (QED) is 0.651. The monoisotopic (exact) mass is 341 g/mol. The number of benzene rings is 2. The molecule has 0 bridgehead atoms. The molecule has 128 valence electrons. The Morgan fingerprint density at radius 1 is 1.32 bits per heavy atom. The number of carbonyl (C=O) groups excluding carboxylic acids is 1. The number of halogens is 1. The SMILES string of the molecule is COc1cc(C2NC(=O)c3cccc4c3N2CC/C4=N\O)ccc1F. The van der Waals surface area contributed by atoms with Gasteiger partial charge in [-0.2, -0.15) is 0 Å². The Kier molecular flexibility index (Phi) is 3.56. The summed E-state index contributed by atoms with van der Waals surface area (Å²) >= 11 is 0. The van der Waals surface area contributed by atoms with Crippen molar-refractivity contribution in [1.29, 1.82) is 0 Å². The number of para-hydroxylation sites is 1. The molecule has 0 aromatic heterocycles. The van der Waals surface area contributed by atoms with Gasteiger partial charge < -0.3 is 20.2 Å². The van der Waals surface area contributed by atoms with Crippen LogP contribution in [0.2, 0.25) is 0 Å². The molecule has 4 rings (SSSR count). The van der Waals surface area contributed by atoms with Gasteiger partial charge in [-0.1, -0.05) is 23.4 Å². The second-order valence-electron chi connectivity index (χ2n) is 5.96. The van der Waals surface area contributed by atoms with Crippen LogP contribution in [0.25, 0.3) is 0 Å². The first kappa shape index (κ1) is 15.4. The molecule has 0 spiro atoms. The second kappa shape index (κ2) is 5.77. The van der Waals surface area contributed by atoms with Crippen molar-refractivity contribution in [2.45, 2.75) is 12.6 Å². The number of oxime groups is 1. The maximum Gasteiger partial charge on any atom is 0.255 e. The van der Waals surface area contributed by atoms with E-state index < -0.39 is 12.0 Å². The molecule has 2 aliphatic heterocycles. The molecule has 1 amide bonds. The highest BCUT2D eigenvalue weighted by Crippen LogP contribution is 2.40. The van der Waals surface area contributed by atoms with Gasteiger partial charge in [-0.15, -0.1) is 0 Å². The molecule has 1 unspecified atom stereocenters. The molecule has 0 saturated heterocycles. The zero-order valence-electron chi connectivity index (χ0n) is 13.5. The highest BCUT2D eigenvalue weighted by atomic mass is 19.1. The molecule has 0 aliphatic carbocycles. The van der Waals surface area contributed by atoms with Crippen LogP contribution in [0.5, 0.6) is 5.75 Å². The molecule has 0 saturated carbocycles. The van der Waals surface area contributed by atoms with Gasteiger partial charge in [0.05, 0.1) is 24.1 Å². The van der Waals surface area contributed by atoms with Crippen molar-refractivity contribution in [2.24, 2.45) is 5.16 Å². The highest BCUT2D eigenvalue weighted by molar-refractivity contribution is 6.13. The van der Waals surface area contributed by atoms with Crippen LogP contribution in [-0.2, 0) is 0 Å². The third kappa shape index (κ3) is 2.31. The number of nitrogens with one attached hydrogen (secondary N) is 1. The van der Waals surface area contributed by atoms with Crippen LogP contribution in [0.1, 0.15) is 34.1 Å². The van der Waals surface area contributed by atoms with Crippen LogP contribution in [0, 0.1) is 5.82 Å². The zero-order chi connectivity index (χ0) is 17.6. The van der Waals surface area contributed by atoms with Gasteiger partial charge >= 0.3 is 0 Å². The molecular formula is C18H16FN3O3. The van der Waals surface area contributed by atoms with Crippen molar-refractivity contribution in [3.05, 3.63) is 58.9 Å². The van der Waals surface area contributed by atoms with Gasteiger partial charge in [0, 0.05) is 18.5 Å². The number of anilines is 1. The van der Waals surface area contributed by atoms with E-state index in [-0.39, 0.29) is 11.7 Å². The van der Waals surface area contributed by atoms with Gasteiger partial charge in [0.2, 0.25) is 0 Å². The van der Waals surface area contributed by atoms with E-state index in [1.165, 1.54) is 13.2 Å². The molecule has 0 fully saturated rings. The first-order valence-corrected chi connectivity index (χ1v) is 7.89. The number of amides is 1. The average molecular weight is 341 g/mol. The summed E-state index contributed by atoms with van der Waals surface area (Å²) in [5.41, 5.74) is 3.28. The van der Waals surface area contributed by atoms with Crippen LogP contribution >= 0.6 is 0 Å². The minimum Gasteiger partial charge on any atom is -0.494 e. The van der Waals surface area contributed by atoms with Gasteiger partial charge in [-0.05, 0) is 23.8 Å². The molecule has 2 heterocycles. The van der Waals surface area contributed by atoms with Gasteiger partial charge in [0.15, 0.2) is 11.6 Å². The second-order valence-corrected chi connectivity index (χ2v) is 5.96. The summed E-state index contributed by atoms with van der Waals surface area (Å²) in [6.07, 6.45) is 0.0911. The minimum atomic E-state index is -0.456. The van der Waals surface area contributed by atoms with Gasteiger partial charge in [-0.3, -0.25) is 4.79 Å². The van der Waals surface area contributed by atoms with Crippen molar-refractivity contribution < 1.29 is 19.1 Å². The van der Waals surface area contributed by atoms with Gasteiger partial charge in [-0.25, -0.2) is 4.39 Å². The molecule has 0 radical (unpaired) electrons. The number of hydrogen-bond acceptors (Lipinski definition) is 5. The Bertz CT molecular complexity index is 897. The molecule has 2 aromatic carbocycles. The summed E-state index contributed by atoms with van der Waals surface area (Å²) in [6, 6.07) is 9.88. The fourth-order valence-electron chi connectivity index (χ4n) is 3.49. The Balaban J connectivity index is 1.86. The fraction of sp³-hybridized carbons (Fsp3) is 0.222. The summed E-state index contributed by atoms with van der Waals surface area (Å²) in [4.78, 5) is 14.6. The molecular weight excluding hydrogens is 325 g/mol. The normalized spacial score (nSPS) is 20.2. The average Bonchev–Trinajstić information content (AvgIpc) is 2.65. The maximum atomic E-state index is 13.7. The lowest BCUT2D eigenvalue weighted by atomic mass is 9.92. The zero-order valence-corrected chi connectivity index (χ0v) is 13.5. The van der Waals surface area contributed by atoms with Crippen molar-refractivity contribution in [2.75, 3.05) is 18.6 Å². The molecule has 2 aromatic rings. The Hall–Kier alpha value is -3.09. The van der Waals surface area contributed by atoms with Crippen LogP contribution in [-0.4, -0.2) is 30.5 Å². The number of methoxy groups -OCH3 is 1. The van der Waals surface area contributed by atoms with Gasteiger partial charge in [0.1, 0.15) is 6.17 Å². The Morgan fingerprint density at radius 3 is 2.88 bits per heavy atom. The minimum absolute atomic E-state index is 0.125. The largest absolute Gasteiger partial charge is 0.494 e. The smallest absolute Gasteiger partial charge is 0.255 e. The fourth-order valence-corrected chi connectivity index (χ4v) is 3.49. The number of rotatable bonds is 2. The number of nitrogens with zero attached hydrogens (tertiary/aromatic N) is 2. The Morgan fingerprint density at radius 2 is 2.12 bits per heavy atom. The maximum absolute atomic E-state index is 13.7. The Labute approximate surface area is 143 Å². The summed E-state index contributed by atoms with van der Waals surface area (Å²) < 4.78 is 18.8.